The standard InChI is InChI=1S/C12H12BrN3O2S/c1-2-3-14-12(19)16-15-6-8-4-9(13)11-10(5-8)17-7-18-11/h2,4-6H,1,3,7H2,(H2,14,16,19)/b15-6-. The van der Waals surface area contributed by atoms with Gasteiger partial charge in [-0.25, -0.2) is 0 Å². The lowest BCUT2D eigenvalue weighted by Gasteiger charge is -2.04. The predicted molar refractivity (Wildman–Crippen MR) is 81.8 cm³/mol. The molecule has 1 aliphatic rings. The predicted octanol–water partition coefficient (Wildman–Crippen LogP) is 2.16. The van der Waals surface area contributed by atoms with Gasteiger partial charge in [0.1, 0.15) is 0 Å². The molecule has 0 saturated carbocycles. The van der Waals surface area contributed by atoms with E-state index >= 15 is 0 Å². The maximum absolute atomic E-state index is 5.32. The second-order valence-corrected chi connectivity index (χ2v) is 4.87. The Kier molecular flexibility index (Phi) is 4.75. The highest BCUT2D eigenvalue weighted by Crippen LogP contribution is 2.39. The Morgan fingerprint density at radius 1 is 1.53 bits per heavy atom. The number of thiocarbonyl (C=S) groups is 1. The molecule has 100 valence electrons. The van der Waals surface area contributed by atoms with Crippen molar-refractivity contribution in [3.63, 3.8) is 0 Å². The Morgan fingerprint density at radius 3 is 3.16 bits per heavy atom. The molecule has 1 heterocycles. The van der Waals surface area contributed by atoms with Crippen molar-refractivity contribution in [3.05, 3.63) is 34.8 Å². The number of ether oxygens (including phenoxy) is 2. The highest BCUT2D eigenvalue weighted by Gasteiger charge is 2.17. The zero-order chi connectivity index (χ0) is 13.7. The van der Waals surface area contributed by atoms with Gasteiger partial charge in [-0.3, -0.25) is 5.43 Å². The SMILES string of the molecule is C=CCNC(=S)N/N=C\c1cc(Br)c2c(c1)OCO2. The van der Waals surface area contributed by atoms with Crippen LogP contribution in [0.3, 0.4) is 0 Å². The van der Waals surface area contributed by atoms with Gasteiger partial charge >= 0.3 is 0 Å². The van der Waals surface area contributed by atoms with Gasteiger partial charge in [-0.2, -0.15) is 5.10 Å². The highest BCUT2D eigenvalue weighted by molar-refractivity contribution is 9.10. The first-order chi connectivity index (χ1) is 9.20. The van der Waals surface area contributed by atoms with Crippen molar-refractivity contribution in [2.45, 2.75) is 0 Å². The smallest absolute Gasteiger partial charge is 0.231 e. The highest BCUT2D eigenvalue weighted by atomic mass is 79.9. The molecular weight excluding hydrogens is 330 g/mol. The van der Waals surface area contributed by atoms with Crippen molar-refractivity contribution in [2.24, 2.45) is 5.10 Å². The van der Waals surface area contributed by atoms with Crippen LogP contribution in [0, 0.1) is 0 Å². The summed E-state index contributed by atoms with van der Waals surface area (Å²) < 4.78 is 11.4. The third-order valence-electron chi connectivity index (χ3n) is 2.24. The number of rotatable bonds is 4. The van der Waals surface area contributed by atoms with E-state index in [9.17, 15) is 0 Å². The van der Waals surface area contributed by atoms with E-state index in [-0.39, 0.29) is 6.79 Å². The van der Waals surface area contributed by atoms with Crippen molar-refractivity contribution in [1.82, 2.24) is 10.7 Å². The first kappa shape index (κ1) is 13.8. The maximum atomic E-state index is 5.32. The molecule has 2 N–H and O–H groups in total. The van der Waals surface area contributed by atoms with Crippen molar-refractivity contribution in [1.29, 1.82) is 0 Å². The summed E-state index contributed by atoms with van der Waals surface area (Å²) in [6, 6.07) is 3.73. The molecule has 0 amide bonds. The molecule has 1 aromatic rings. The monoisotopic (exact) mass is 341 g/mol. The Hall–Kier alpha value is -1.60. The van der Waals surface area contributed by atoms with Crippen LogP contribution in [0.1, 0.15) is 5.56 Å². The van der Waals surface area contributed by atoms with Gasteiger partial charge in [0, 0.05) is 6.54 Å². The Labute approximate surface area is 124 Å². The molecule has 0 saturated heterocycles. The molecule has 0 unspecified atom stereocenters. The van der Waals surface area contributed by atoms with E-state index in [1.54, 1.807) is 12.3 Å². The van der Waals surface area contributed by atoms with Crippen LogP contribution in [0.2, 0.25) is 0 Å². The van der Waals surface area contributed by atoms with Gasteiger partial charge < -0.3 is 14.8 Å². The van der Waals surface area contributed by atoms with Crippen LogP contribution in [-0.4, -0.2) is 24.7 Å². The summed E-state index contributed by atoms with van der Waals surface area (Å²) in [7, 11) is 0. The van der Waals surface area contributed by atoms with Crippen LogP contribution in [0.4, 0.5) is 0 Å². The summed E-state index contributed by atoms with van der Waals surface area (Å²) in [6.07, 6.45) is 3.36. The minimum absolute atomic E-state index is 0.238. The fourth-order valence-corrected chi connectivity index (χ4v) is 2.14. The molecule has 0 atom stereocenters. The first-order valence-electron chi connectivity index (χ1n) is 5.47. The van der Waals surface area contributed by atoms with Crippen molar-refractivity contribution in [3.8, 4) is 11.5 Å². The van der Waals surface area contributed by atoms with Gasteiger partial charge in [0.05, 0.1) is 10.7 Å². The third kappa shape index (κ3) is 3.68. The average Bonchev–Trinajstić information content (AvgIpc) is 2.85. The van der Waals surface area contributed by atoms with Gasteiger partial charge in [0.15, 0.2) is 16.6 Å². The van der Waals surface area contributed by atoms with Crippen LogP contribution in [0.5, 0.6) is 11.5 Å². The summed E-state index contributed by atoms with van der Waals surface area (Å²) in [5, 5.41) is 7.38. The first-order valence-corrected chi connectivity index (χ1v) is 6.68. The summed E-state index contributed by atoms with van der Waals surface area (Å²) >= 11 is 8.42. The fraction of sp³-hybridized carbons (Fsp3) is 0.167. The number of nitrogens with one attached hydrogen (secondary N) is 2. The number of benzene rings is 1. The summed E-state index contributed by atoms with van der Waals surface area (Å²) in [4.78, 5) is 0. The quantitative estimate of drug-likeness (QED) is 0.380. The Balaban J connectivity index is 1.98. The van der Waals surface area contributed by atoms with Gasteiger partial charge in [0.25, 0.3) is 0 Å². The van der Waals surface area contributed by atoms with Crippen molar-refractivity contribution < 1.29 is 9.47 Å². The topological polar surface area (TPSA) is 54.9 Å². The van der Waals surface area contributed by atoms with E-state index in [4.69, 9.17) is 21.7 Å². The van der Waals surface area contributed by atoms with Crippen LogP contribution in [0.25, 0.3) is 0 Å². The summed E-state index contributed by atoms with van der Waals surface area (Å²) in [6.45, 7) is 4.42. The molecule has 7 heteroatoms. The number of hydrazone groups is 1. The number of hydrogen-bond donors (Lipinski definition) is 2. The second kappa shape index (κ2) is 6.53. The molecular formula is C12H12BrN3O2S. The molecule has 0 bridgehead atoms. The average molecular weight is 342 g/mol. The Bertz CT molecular complexity index is 534. The number of nitrogens with zero attached hydrogens (tertiary/aromatic N) is 1. The third-order valence-corrected chi connectivity index (χ3v) is 3.06. The van der Waals surface area contributed by atoms with Crippen molar-refractivity contribution in [2.75, 3.05) is 13.3 Å². The zero-order valence-electron chi connectivity index (χ0n) is 9.98. The lowest BCUT2D eigenvalue weighted by Crippen LogP contribution is -2.31. The molecule has 5 nitrogen and oxygen atoms in total. The number of hydrogen-bond acceptors (Lipinski definition) is 4. The van der Waals surface area contributed by atoms with Gasteiger partial charge in [-0.1, -0.05) is 6.08 Å². The van der Waals surface area contributed by atoms with Gasteiger partial charge in [-0.15, -0.1) is 6.58 Å². The molecule has 0 fully saturated rings. The number of halogens is 1. The minimum atomic E-state index is 0.238. The summed E-state index contributed by atoms with van der Waals surface area (Å²) in [5.74, 6) is 1.41. The number of fused-ring (bicyclic) bond motifs is 1. The lowest BCUT2D eigenvalue weighted by atomic mass is 10.2. The van der Waals surface area contributed by atoms with E-state index in [2.05, 4.69) is 38.4 Å². The molecule has 1 aliphatic heterocycles. The lowest BCUT2D eigenvalue weighted by molar-refractivity contribution is 0.173. The van der Waals surface area contributed by atoms with E-state index in [1.807, 2.05) is 12.1 Å². The molecule has 1 aromatic carbocycles. The normalized spacial score (nSPS) is 12.5. The summed E-state index contributed by atoms with van der Waals surface area (Å²) in [5.41, 5.74) is 3.58. The molecule has 2 rings (SSSR count). The molecule has 19 heavy (non-hydrogen) atoms. The second-order valence-electron chi connectivity index (χ2n) is 3.61. The van der Waals surface area contributed by atoms with Gasteiger partial charge in [-0.05, 0) is 45.8 Å². The van der Waals surface area contributed by atoms with E-state index in [1.165, 1.54) is 0 Å². The van der Waals surface area contributed by atoms with Crippen LogP contribution >= 0.6 is 28.1 Å². The van der Waals surface area contributed by atoms with Crippen molar-refractivity contribution >= 4 is 39.5 Å². The largest absolute Gasteiger partial charge is 0.454 e. The molecule has 0 aromatic heterocycles. The van der Waals surface area contributed by atoms with Gasteiger partial charge in [0.2, 0.25) is 6.79 Å². The molecule has 0 spiro atoms. The maximum Gasteiger partial charge on any atom is 0.231 e. The van der Waals surface area contributed by atoms with E-state index in [0.29, 0.717) is 23.2 Å². The zero-order valence-corrected chi connectivity index (χ0v) is 12.4. The van der Waals surface area contributed by atoms with Crippen LogP contribution in [0.15, 0.2) is 34.4 Å². The van der Waals surface area contributed by atoms with Crippen LogP contribution in [-0.2, 0) is 0 Å². The minimum Gasteiger partial charge on any atom is -0.454 e. The molecule has 0 radical (unpaired) electrons. The fourth-order valence-electron chi connectivity index (χ4n) is 1.43. The van der Waals surface area contributed by atoms with Crippen LogP contribution < -0.4 is 20.2 Å². The Morgan fingerprint density at radius 2 is 2.37 bits per heavy atom. The van der Waals surface area contributed by atoms with E-state index in [0.717, 1.165) is 10.0 Å². The van der Waals surface area contributed by atoms with E-state index < -0.39 is 0 Å². The molecule has 0 aliphatic carbocycles.